The van der Waals surface area contributed by atoms with Crippen LogP contribution in [-0.2, 0) is 0 Å². The number of hydrogen-bond acceptors (Lipinski definition) is 2. The molecule has 0 saturated carbocycles. The van der Waals surface area contributed by atoms with Crippen LogP contribution in [0.3, 0.4) is 0 Å². The summed E-state index contributed by atoms with van der Waals surface area (Å²) in [6.45, 7) is 12.3. The highest BCUT2D eigenvalue weighted by Gasteiger charge is 2.40. The number of unbranched alkanes of at least 4 members (excludes halogenated alkanes) is 4. The van der Waals surface area contributed by atoms with Crippen LogP contribution >= 0.6 is 0 Å². The molecule has 2 nitrogen and oxygen atoms in total. The van der Waals surface area contributed by atoms with E-state index in [4.69, 9.17) is 5.73 Å². The summed E-state index contributed by atoms with van der Waals surface area (Å²) in [4.78, 5) is 0. The summed E-state index contributed by atoms with van der Waals surface area (Å²) in [5.74, 6) is 0.821. The summed E-state index contributed by atoms with van der Waals surface area (Å²) < 4.78 is 0. The largest absolute Gasteiger partial charge is 0.324 e. The summed E-state index contributed by atoms with van der Waals surface area (Å²) in [6, 6.07) is 2.43. The van der Waals surface area contributed by atoms with Crippen LogP contribution in [0, 0.1) is 23.2 Å². The van der Waals surface area contributed by atoms with Crippen LogP contribution < -0.4 is 5.73 Å². The van der Waals surface area contributed by atoms with E-state index in [2.05, 4.69) is 33.1 Å². The first-order valence-electron chi connectivity index (χ1n) is 10.5. The molecule has 0 spiro atoms. The zero-order valence-corrected chi connectivity index (χ0v) is 16.9. The Morgan fingerprint density at radius 3 is 1.64 bits per heavy atom. The minimum Gasteiger partial charge on any atom is -0.324 e. The van der Waals surface area contributed by atoms with Crippen molar-refractivity contribution in [2.45, 2.75) is 103 Å². The molecule has 144 valence electrons. The normalized spacial score (nSPS) is 15.8. The zero-order valence-electron chi connectivity index (χ0n) is 16.9. The molecular weight excluding hydrogens is 304 g/mol. The van der Waals surface area contributed by atoms with Crippen molar-refractivity contribution >= 4 is 0 Å². The molecule has 0 bridgehead atoms. The van der Waals surface area contributed by atoms with Crippen LogP contribution in [0.4, 0.5) is 0 Å². The van der Waals surface area contributed by atoms with Gasteiger partial charge in [0.2, 0.25) is 0 Å². The van der Waals surface area contributed by atoms with Gasteiger partial charge >= 0.3 is 0 Å². The summed E-state index contributed by atoms with van der Waals surface area (Å²) in [7, 11) is 0. The number of hydrogen-bond donors (Lipinski definition) is 1. The lowest BCUT2D eigenvalue weighted by Crippen LogP contribution is -2.53. The fraction of sp³-hybridized carbons (Fsp3) is 0.783. The Morgan fingerprint density at radius 2 is 1.32 bits per heavy atom. The van der Waals surface area contributed by atoms with Gasteiger partial charge in [0, 0.05) is 5.54 Å². The van der Waals surface area contributed by atoms with Gasteiger partial charge in [-0.2, -0.15) is 5.26 Å². The third-order valence-corrected chi connectivity index (χ3v) is 5.66. The standard InChI is InChI=1S/C23H42N2/c1-5-9-13-17-21(15-11-7-3)23(25,19-20-24)22(16-12-8-4)18-14-10-6-2/h7-8,21-22H,3-6,9-19,25H2,1-2H3. The van der Waals surface area contributed by atoms with Gasteiger partial charge in [0.05, 0.1) is 12.5 Å². The highest BCUT2D eigenvalue weighted by molar-refractivity contribution is 5.03. The Balaban J connectivity index is 5.36. The smallest absolute Gasteiger partial charge is 0.0641 e. The van der Waals surface area contributed by atoms with Gasteiger partial charge in [-0.05, 0) is 50.4 Å². The second-order valence-corrected chi connectivity index (χ2v) is 7.56. The van der Waals surface area contributed by atoms with Gasteiger partial charge in [-0.3, -0.25) is 0 Å². The van der Waals surface area contributed by atoms with Crippen molar-refractivity contribution in [2.24, 2.45) is 17.6 Å². The monoisotopic (exact) mass is 346 g/mol. The van der Waals surface area contributed by atoms with E-state index in [1.165, 1.54) is 38.5 Å². The quantitative estimate of drug-likeness (QED) is 0.229. The summed E-state index contributed by atoms with van der Waals surface area (Å²) in [6.07, 6.45) is 18.2. The van der Waals surface area contributed by atoms with Crippen molar-refractivity contribution in [1.82, 2.24) is 0 Å². The van der Waals surface area contributed by atoms with Gasteiger partial charge in [-0.15, -0.1) is 13.2 Å². The molecule has 0 aromatic heterocycles. The molecule has 0 radical (unpaired) electrons. The second kappa shape index (κ2) is 15.2. The van der Waals surface area contributed by atoms with Crippen molar-refractivity contribution in [2.75, 3.05) is 0 Å². The van der Waals surface area contributed by atoms with Crippen molar-refractivity contribution in [3.8, 4) is 6.07 Å². The number of rotatable bonds is 17. The molecule has 0 amide bonds. The van der Waals surface area contributed by atoms with E-state index in [-0.39, 0.29) is 5.54 Å². The molecule has 0 rings (SSSR count). The van der Waals surface area contributed by atoms with Crippen LogP contribution in [0.25, 0.3) is 0 Å². The molecule has 0 aliphatic carbocycles. The Kier molecular flexibility index (Phi) is 14.6. The average Bonchev–Trinajstić information content (AvgIpc) is 2.61. The van der Waals surface area contributed by atoms with E-state index < -0.39 is 0 Å². The molecule has 0 heterocycles. The maximum atomic E-state index is 9.52. The maximum absolute atomic E-state index is 9.52. The Hall–Kier alpha value is -1.07. The first-order valence-corrected chi connectivity index (χ1v) is 10.5. The van der Waals surface area contributed by atoms with Crippen molar-refractivity contribution < 1.29 is 0 Å². The van der Waals surface area contributed by atoms with Crippen molar-refractivity contribution in [3.63, 3.8) is 0 Å². The predicted octanol–water partition coefficient (Wildman–Crippen LogP) is 6.92. The van der Waals surface area contributed by atoms with E-state index in [0.29, 0.717) is 18.3 Å². The Bertz CT molecular complexity index is 354. The van der Waals surface area contributed by atoms with Crippen LogP contribution in [0.15, 0.2) is 25.3 Å². The molecule has 0 saturated heterocycles. The molecule has 0 aliphatic heterocycles. The molecular formula is C23H42N2. The SMILES string of the molecule is C=CCCC(CCCCC)C(N)(CC#N)C(CCC=C)CCCCC. The van der Waals surface area contributed by atoms with Gasteiger partial charge in [-0.25, -0.2) is 0 Å². The molecule has 2 atom stereocenters. The lowest BCUT2D eigenvalue weighted by Gasteiger charge is -2.43. The number of nitriles is 1. The zero-order chi connectivity index (χ0) is 19.0. The fourth-order valence-electron chi connectivity index (χ4n) is 4.04. The first kappa shape index (κ1) is 23.9. The average molecular weight is 347 g/mol. The van der Waals surface area contributed by atoms with Crippen molar-refractivity contribution in [1.29, 1.82) is 5.26 Å². The molecule has 2 heteroatoms. The minimum atomic E-state index is -0.373. The molecule has 0 aliphatic rings. The van der Waals surface area contributed by atoms with Crippen LogP contribution in [0.5, 0.6) is 0 Å². The topological polar surface area (TPSA) is 49.8 Å². The summed E-state index contributed by atoms with van der Waals surface area (Å²) >= 11 is 0. The van der Waals surface area contributed by atoms with E-state index >= 15 is 0 Å². The van der Waals surface area contributed by atoms with E-state index in [9.17, 15) is 5.26 Å². The third kappa shape index (κ3) is 9.26. The minimum absolute atomic E-state index is 0.373. The molecule has 0 fully saturated rings. The third-order valence-electron chi connectivity index (χ3n) is 5.66. The molecule has 25 heavy (non-hydrogen) atoms. The van der Waals surface area contributed by atoms with Gasteiger partial charge in [0.1, 0.15) is 0 Å². The maximum Gasteiger partial charge on any atom is 0.0641 e. The lowest BCUT2D eigenvalue weighted by atomic mass is 9.66. The number of nitrogens with two attached hydrogens (primary N) is 1. The van der Waals surface area contributed by atoms with Crippen LogP contribution in [0.2, 0.25) is 0 Å². The van der Waals surface area contributed by atoms with Crippen molar-refractivity contribution in [3.05, 3.63) is 25.3 Å². The second-order valence-electron chi connectivity index (χ2n) is 7.56. The molecule has 2 unspecified atom stereocenters. The number of allylic oxidation sites excluding steroid dienone is 2. The lowest BCUT2D eigenvalue weighted by molar-refractivity contribution is 0.137. The number of nitrogens with zero attached hydrogens (tertiary/aromatic N) is 1. The van der Waals surface area contributed by atoms with Gasteiger partial charge < -0.3 is 5.73 Å². The van der Waals surface area contributed by atoms with Gasteiger partial charge in [-0.1, -0.05) is 64.5 Å². The summed E-state index contributed by atoms with van der Waals surface area (Å²) in [5.41, 5.74) is 6.68. The first-order chi connectivity index (χ1) is 12.1. The van der Waals surface area contributed by atoms with E-state index in [0.717, 1.165) is 38.5 Å². The van der Waals surface area contributed by atoms with Crippen LogP contribution in [0.1, 0.15) is 97.3 Å². The Labute approximate surface area is 157 Å². The van der Waals surface area contributed by atoms with E-state index in [1.54, 1.807) is 0 Å². The molecule has 0 aromatic carbocycles. The van der Waals surface area contributed by atoms with Gasteiger partial charge in [0.15, 0.2) is 0 Å². The van der Waals surface area contributed by atoms with Gasteiger partial charge in [0.25, 0.3) is 0 Å². The highest BCUT2D eigenvalue weighted by Crippen LogP contribution is 2.39. The van der Waals surface area contributed by atoms with E-state index in [1.807, 2.05) is 12.2 Å². The summed E-state index contributed by atoms with van der Waals surface area (Å²) in [5, 5.41) is 9.52. The highest BCUT2D eigenvalue weighted by atomic mass is 14.8. The molecule has 2 N–H and O–H groups in total. The predicted molar refractivity (Wildman–Crippen MR) is 111 cm³/mol. The Morgan fingerprint density at radius 1 is 0.880 bits per heavy atom. The molecule has 0 aromatic rings. The van der Waals surface area contributed by atoms with Crippen LogP contribution in [-0.4, -0.2) is 5.54 Å². The fourth-order valence-corrected chi connectivity index (χ4v) is 4.04.